The summed E-state index contributed by atoms with van der Waals surface area (Å²) in [5.41, 5.74) is -0.918. The van der Waals surface area contributed by atoms with E-state index in [9.17, 15) is 22.4 Å². The highest BCUT2D eigenvalue weighted by Crippen LogP contribution is 2.26. The van der Waals surface area contributed by atoms with Crippen molar-refractivity contribution in [3.63, 3.8) is 0 Å². The molecule has 0 aliphatic rings. The fourth-order valence-corrected chi connectivity index (χ4v) is 0.898. The number of halogens is 5. The van der Waals surface area contributed by atoms with Crippen LogP contribution in [0.2, 0.25) is 0 Å². The Morgan fingerprint density at radius 1 is 1.47 bits per heavy atom. The SMILES string of the molecule is O=C(Cl)c1nccc(OC(F)(F)F)c1F. The summed E-state index contributed by atoms with van der Waals surface area (Å²) in [6.07, 6.45) is -4.27. The number of alkyl halides is 3. The average Bonchev–Trinajstić information content (AvgIpc) is 2.05. The van der Waals surface area contributed by atoms with Crippen LogP contribution in [0.25, 0.3) is 0 Å². The van der Waals surface area contributed by atoms with E-state index in [4.69, 9.17) is 11.6 Å². The molecular formula is C7H2ClF4NO2. The van der Waals surface area contributed by atoms with Crippen LogP contribution in [-0.2, 0) is 0 Å². The lowest BCUT2D eigenvalue weighted by Gasteiger charge is -2.09. The van der Waals surface area contributed by atoms with Crippen molar-refractivity contribution in [2.75, 3.05) is 0 Å². The van der Waals surface area contributed by atoms with Crippen LogP contribution in [0.15, 0.2) is 12.3 Å². The van der Waals surface area contributed by atoms with Gasteiger partial charge < -0.3 is 4.74 Å². The van der Waals surface area contributed by atoms with E-state index in [1.165, 1.54) is 0 Å². The second kappa shape index (κ2) is 4.01. The Kier molecular flexibility index (Phi) is 3.13. The molecule has 0 aliphatic carbocycles. The number of carbonyl (C=O) groups is 1. The molecule has 0 N–H and O–H groups in total. The predicted octanol–water partition coefficient (Wildman–Crippen LogP) is 2.50. The number of aromatic nitrogens is 1. The Morgan fingerprint density at radius 3 is 2.53 bits per heavy atom. The minimum Gasteiger partial charge on any atom is -0.403 e. The molecule has 1 aromatic rings. The van der Waals surface area contributed by atoms with Gasteiger partial charge in [-0.05, 0) is 11.6 Å². The van der Waals surface area contributed by atoms with Gasteiger partial charge in [0.15, 0.2) is 17.3 Å². The molecular weight excluding hydrogens is 242 g/mol. The van der Waals surface area contributed by atoms with Gasteiger partial charge in [0.1, 0.15) is 0 Å². The molecule has 8 heteroatoms. The molecule has 0 aromatic carbocycles. The predicted molar refractivity (Wildman–Crippen MR) is 41.1 cm³/mol. The van der Waals surface area contributed by atoms with Crippen molar-refractivity contribution < 1.29 is 27.1 Å². The summed E-state index contributed by atoms with van der Waals surface area (Å²) < 4.78 is 51.5. The van der Waals surface area contributed by atoms with Crippen LogP contribution in [0.5, 0.6) is 5.75 Å². The second-order valence-electron chi connectivity index (χ2n) is 2.29. The Balaban J connectivity index is 3.10. The standard InChI is InChI=1S/C7H2ClF4NO2/c8-6(14)5-4(9)3(1-2-13-5)15-7(10,11)12/h1-2H. The normalized spacial score (nSPS) is 11.3. The van der Waals surface area contributed by atoms with Crippen molar-refractivity contribution in [3.8, 4) is 5.75 Å². The van der Waals surface area contributed by atoms with Crippen molar-refractivity contribution in [2.24, 2.45) is 0 Å². The monoisotopic (exact) mass is 243 g/mol. The van der Waals surface area contributed by atoms with Crippen molar-refractivity contribution in [2.45, 2.75) is 6.36 Å². The number of rotatable bonds is 2. The number of hydrogen-bond acceptors (Lipinski definition) is 3. The van der Waals surface area contributed by atoms with Gasteiger partial charge in [-0.15, -0.1) is 13.2 Å². The Labute approximate surface area is 85.6 Å². The zero-order valence-electron chi connectivity index (χ0n) is 6.81. The smallest absolute Gasteiger partial charge is 0.403 e. The first-order chi connectivity index (χ1) is 6.81. The maximum atomic E-state index is 13.1. The van der Waals surface area contributed by atoms with Crippen molar-refractivity contribution in [1.82, 2.24) is 4.98 Å². The molecule has 15 heavy (non-hydrogen) atoms. The summed E-state index contributed by atoms with van der Waals surface area (Å²) in [6.45, 7) is 0. The number of carbonyl (C=O) groups excluding carboxylic acids is 1. The molecule has 1 rings (SSSR count). The molecule has 0 radical (unpaired) electrons. The number of hydrogen-bond donors (Lipinski definition) is 0. The summed E-state index contributed by atoms with van der Waals surface area (Å²) in [5, 5.41) is -1.31. The van der Waals surface area contributed by atoms with Crippen molar-refractivity contribution in [3.05, 3.63) is 23.8 Å². The first-order valence-electron chi connectivity index (χ1n) is 3.41. The second-order valence-corrected chi connectivity index (χ2v) is 2.64. The van der Waals surface area contributed by atoms with E-state index in [2.05, 4.69) is 9.72 Å². The topological polar surface area (TPSA) is 39.2 Å². The van der Waals surface area contributed by atoms with Crippen molar-refractivity contribution >= 4 is 16.8 Å². The van der Waals surface area contributed by atoms with Gasteiger partial charge in [0.25, 0.3) is 5.24 Å². The lowest BCUT2D eigenvalue weighted by molar-refractivity contribution is -0.275. The molecule has 0 spiro atoms. The van der Waals surface area contributed by atoms with Gasteiger partial charge in [0.2, 0.25) is 0 Å². The maximum absolute atomic E-state index is 13.1. The van der Waals surface area contributed by atoms with Gasteiger partial charge >= 0.3 is 6.36 Å². The van der Waals surface area contributed by atoms with E-state index < -0.39 is 28.9 Å². The summed E-state index contributed by atoms with van der Waals surface area (Å²) in [6, 6.07) is 0.631. The average molecular weight is 244 g/mol. The molecule has 0 fully saturated rings. The largest absolute Gasteiger partial charge is 0.573 e. The summed E-state index contributed by atoms with van der Waals surface area (Å²) in [7, 11) is 0. The molecule has 1 aromatic heterocycles. The minimum atomic E-state index is -5.05. The van der Waals surface area contributed by atoms with Crippen LogP contribution in [0.4, 0.5) is 17.6 Å². The number of pyridine rings is 1. The first kappa shape index (κ1) is 11.7. The quantitative estimate of drug-likeness (QED) is 0.592. The van der Waals surface area contributed by atoms with Gasteiger partial charge in [-0.3, -0.25) is 4.79 Å². The van der Waals surface area contributed by atoms with Gasteiger partial charge in [-0.25, -0.2) is 9.37 Å². The summed E-state index contributed by atoms with van der Waals surface area (Å²) in [5.74, 6) is -2.70. The fourth-order valence-electron chi connectivity index (χ4n) is 0.767. The highest BCUT2D eigenvalue weighted by Gasteiger charge is 2.33. The molecule has 0 atom stereocenters. The minimum absolute atomic E-state index is 0.631. The number of ether oxygens (including phenoxy) is 1. The molecule has 0 amide bonds. The van der Waals surface area contributed by atoms with E-state index in [1.807, 2.05) is 0 Å². The third-order valence-electron chi connectivity index (χ3n) is 1.27. The molecule has 0 bridgehead atoms. The highest BCUT2D eigenvalue weighted by molar-refractivity contribution is 6.67. The number of nitrogens with zero attached hydrogens (tertiary/aromatic N) is 1. The van der Waals surface area contributed by atoms with Crippen LogP contribution >= 0.6 is 11.6 Å². The third kappa shape index (κ3) is 3.05. The van der Waals surface area contributed by atoms with Gasteiger partial charge in [-0.1, -0.05) is 0 Å². The van der Waals surface area contributed by atoms with Crippen molar-refractivity contribution in [1.29, 1.82) is 0 Å². The molecule has 0 saturated carbocycles. The van der Waals surface area contributed by atoms with Crippen LogP contribution in [0.1, 0.15) is 10.5 Å². The molecule has 0 saturated heterocycles. The van der Waals surface area contributed by atoms with E-state index >= 15 is 0 Å². The first-order valence-corrected chi connectivity index (χ1v) is 3.79. The van der Waals surface area contributed by atoms with Crippen LogP contribution in [-0.4, -0.2) is 16.6 Å². The Morgan fingerprint density at radius 2 is 2.07 bits per heavy atom. The highest BCUT2D eigenvalue weighted by atomic mass is 35.5. The zero-order valence-corrected chi connectivity index (χ0v) is 7.56. The summed E-state index contributed by atoms with van der Waals surface area (Å²) >= 11 is 4.87. The van der Waals surface area contributed by atoms with E-state index in [0.717, 1.165) is 6.20 Å². The molecule has 1 heterocycles. The van der Waals surface area contributed by atoms with E-state index in [0.29, 0.717) is 6.07 Å². The lowest BCUT2D eigenvalue weighted by atomic mass is 10.3. The van der Waals surface area contributed by atoms with Gasteiger partial charge in [0, 0.05) is 12.3 Å². The van der Waals surface area contributed by atoms with Crippen LogP contribution in [0.3, 0.4) is 0 Å². The fraction of sp³-hybridized carbons (Fsp3) is 0.143. The van der Waals surface area contributed by atoms with Crippen LogP contribution in [0, 0.1) is 5.82 Å². The molecule has 82 valence electrons. The Hall–Kier alpha value is -1.37. The Bertz CT molecular complexity index is 393. The van der Waals surface area contributed by atoms with Crippen LogP contribution < -0.4 is 4.74 Å². The maximum Gasteiger partial charge on any atom is 0.573 e. The van der Waals surface area contributed by atoms with Gasteiger partial charge in [0.05, 0.1) is 0 Å². The summed E-state index contributed by atoms with van der Waals surface area (Å²) in [4.78, 5) is 13.7. The van der Waals surface area contributed by atoms with Gasteiger partial charge in [-0.2, -0.15) is 0 Å². The molecule has 0 unspecified atom stereocenters. The molecule has 3 nitrogen and oxygen atoms in total. The lowest BCUT2D eigenvalue weighted by Crippen LogP contribution is -2.18. The van der Waals surface area contributed by atoms with E-state index in [-0.39, 0.29) is 0 Å². The molecule has 0 aliphatic heterocycles. The zero-order chi connectivity index (χ0) is 11.6. The third-order valence-corrected chi connectivity index (χ3v) is 1.44. The van der Waals surface area contributed by atoms with E-state index in [1.54, 1.807) is 0 Å².